The lowest BCUT2D eigenvalue weighted by Crippen LogP contribution is -2.30. The average molecular weight is 382 g/mol. The van der Waals surface area contributed by atoms with Crippen molar-refractivity contribution in [2.75, 3.05) is 19.5 Å². The van der Waals surface area contributed by atoms with E-state index in [1.165, 1.54) is 33.3 Å². The molecule has 2 aromatic rings. The van der Waals surface area contributed by atoms with Crippen molar-refractivity contribution >= 4 is 29.2 Å². The molecule has 1 amide bonds. The first-order chi connectivity index (χ1) is 12.3. The minimum Gasteiger partial charge on any atom is -0.497 e. The van der Waals surface area contributed by atoms with Gasteiger partial charge in [-0.05, 0) is 43.3 Å². The fourth-order valence-corrected chi connectivity index (χ4v) is 2.29. The molecule has 0 heterocycles. The molecule has 0 saturated heterocycles. The molecular weight excluding hydrogens is 365 g/mol. The number of amides is 1. The Hall–Kier alpha value is -2.80. The molecule has 0 aromatic heterocycles. The number of rotatable bonds is 6. The van der Waals surface area contributed by atoms with Gasteiger partial charge in [-0.25, -0.2) is 9.18 Å². The Morgan fingerprint density at radius 2 is 1.85 bits per heavy atom. The summed E-state index contributed by atoms with van der Waals surface area (Å²) in [6, 6.07) is 8.16. The Morgan fingerprint density at radius 1 is 1.12 bits per heavy atom. The van der Waals surface area contributed by atoms with Gasteiger partial charge in [-0.15, -0.1) is 0 Å². The van der Waals surface area contributed by atoms with E-state index in [0.717, 1.165) is 12.1 Å². The molecule has 26 heavy (non-hydrogen) atoms. The summed E-state index contributed by atoms with van der Waals surface area (Å²) in [5, 5.41) is 2.51. The van der Waals surface area contributed by atoms with Crippen molar-refractivity contribution in [3.05, 3.63) is 52.8 Å². The second kappa shape index (κ2) is 8.53. The zero-order valence-electron chi connectivity index (χ0n) is 14.3. The predicted octanol–water partition coefficient (Wildman–Crippen LogP) is 3.68. The number of hydrogen-bond donors (Lipinski definition) is 1. The molecular formula is C18H17ClFNO5. The summed E-state index contributed by atoms with van der Waals surface area (Å²) >= 11 is 5.86. The molecule has 0 fully saturated rings. The molecule has 0 aliphatic rings. The standard InChI is InChI=1S/C18H17ClFNO5/c1-10(17(22)21-15-6-4-11(20)8-14(15)19)26-18(23)13-9-12(24-2)5-7-16(13)25-3/h4-10H,1-3H3,(H,21,22). The monoisotopic (exact) mass is 381 g/mol. The summed E-state index contributed by atoms with van der Waals surface area (Å²) in [5.74, 6) is -1.18. The number of anilines is 1. The third-order valence-electron chi connectivity index (χ3n) is 3.47. The number of esters is 1. The number of carbonyl (C=O) groups is 2. The van der Waals surface area contributed by atoms with Gasteiger partial charge in [0.25, 0.3) is 5.91 Å². The fourth-order valence-electron chi connectivity index (χ4n) is 2.08. The SMILES string of the molecule is COc1ccc(OC)c(C(=O)OC(C)C(=O)Nc2ccc(F)cc2Cl)c1. The molecule has 0 aliphatic heterocycles. The van der Waals surface area contributed by atoms with Crippen LogP contribution in [-0.2, 0) is 9.53 Å². The number of carbonyl (C=O) groups excluding carboxylic acids is 2. The van der Waals surface area contributed by atoms with Crippen molar-refractivity contribution in [3.8, 4) is 11.5 Å². The number of nitrogens with one attached hydrogen (secondary N) is 1. The van der Waals surface area contributed by atoms with Crippen LogP contribution in [0.15, 0.2) is 36.4 Å². The Labute approximate surface area is 154 Å². The van der Waals surface area contributed by atoms with E-state index in [4.69, 9.17) is 25.8 Å². The smallest absolute Gasteiger partial charge is 0.342 e. The Balaban J connectivity index is 2.10. The van der Waals surface area contributed by atoms with Crippen LogP contribution in [0.1, 0.15) is 17.3 Å². The van der Waals surface area contributed by atoms with Crippen molar-refractivity contribution in [1.82, 2.24) is 0 Å². The minimum atomic E-state index is -1.13. The highest BCUT2D eigenvalue weighted by molar-refractivity contribution is 6.33. The molecule has 2 rings (SSSR count). The third kappa shape index (κ3) is 4.64. The number of halogens is 2. The van der Waals surface area contributed by atoms with E-state index in [-0.39, 0.29) is 22.0 Å². The first kappa shape index (κ1) is 19.5. The number of methoxy groups -OCH3 is 2. The summed E-state index contributed by atoms with van der Waals surface area (Å²) in [4.78, 5) is 24.6. The topological polar surface area (TPSA) is 73.9 Å². The van der Waals surface area contributed by atoms with Crippen LogP contribution in [0.25, 0.3) is 0 Å². The van der Waals surface area contributed by atoms with Crippen LogP contribution >= 0.6 is 11.6 Å². The van der Waals surface area contributed by atoms with Crippen LogP contribution in [0.2, 0.25) is 5.02 Å². The van der Waals surface area contributed by atoms with E-state index < -0.39 is 23.8 Å². The van der Waals surface area contributed by atoms with Gasteiger partial charge in [0.15, 0.2) is 6.10 Å². The highest BCUT2D eigenvalue weighted by atomic mass is 35.5. The summed E-state index contributed by atoms with van der Waals surface area (Å²) in [5.41, 5.74) is 0.325. The maximum atomic E-state index is 13.0. The van der Waals surface area contributed by atoms with Gasteiger partial charge >= 0.3 is 5.97 Å². The molecule has 1 N–H and O–H groups in total. The largest absolute Gasteiger partial charge is 0.497 e. The van der Waals surface area contributed by atoms with E-state index in [2.05, 4.69) is 5.32 Å². The van der Waals surface area contributed by atoms with Gasteiger partial charge in [0.1, 0.15) is 22.9 Å². The van der Waals surface area contributed by atoms with E-state index in [0.29, 0.717) is 5.75 Å². The molecule has 0 saturated carbocycles. The molecule has 1 atom stereocenters. The molecule has 0 aliphatic carbocycles. The zero-order valence-corrected chi connectivity index (χ0v) is 15.1. The van der Waals surface area contributed by atoms with Crippen molar-refractivity contribution in [2.45, 2.75) is 13.0 Å². The lowest BCUT2D eigenvalue weighted by Gasteiger charge is -2.15. The molecule has 2 aromatic carbocycles. The fraction of sp³-hybridized carbons (Fsp3) is 0.222. The van der Waals surface area contributed by atoms with Gasteiger partial charge in [-0.3, -0.25) is 4.79 Å². The molecule has 0 bridgehead atoms. The lowest BCUT2D eigenvalue weighted by molar-refractivity contribution is -0.123. The van der Waals surface area contributed by atoms with Gasteiger partial charge in [0.05, 0.1) is 24.9 Å². The second-order valence-electron chi connectivity index (χ2n) is 5.23. The molecule has 6 nitrogen and oxygen atoms in total. The van der Waals surface area contributed by atoms with Crippen molar-refractivity contribution in [1.29, 1.82) is 0 Å². The Bertz CT molecular complexity index is 827. The first-order valence-corrected chi connectivity index (χ1v) is 7.92. The molecule has 1 unspecified atom stereocenters. The zero-order chi connectivity index (χ0) is 19.3. The van der Waals surface area contributed by atoms with Crippen LogP contribution in [0, 0.1) is 5.82 Å². The van der Waals surface area contributed by atoms with E-state index >= 15 is 0 Å². The predicted molar refractivity (Wildman–Crippen MR) is 94.5 cm³/mol. The molecule has 0 spiro atoms. The third-order valence-corrected chi connectivity index (χ3v) is 3.78. The van der Waals surface area contributed by atoms with Gasteiger partial charge in [-0.2, -0.15) is 0 Å². The van der Waals surface area contributed by atoms with E-state index in [1.54, 1.807) is 12.1 Å². The van der Waals surface area contributed by atoms with E-state index in [9.17, 15) is 14.0 Å². The highest BCUT2D eigenvalue weighted by Crippen LogP contribution is 2.26. The van der Waals surface area contributed by atoms with Crippen LogP contribution in [0.5, 0.6) is 11.5 Å². The Kier molecular flexibility index (Phi) is 6.41. The van der Waals surface area contributed by atoms with Crippen LogP contribution in [-0.4, -0.2) is 32.2 Å². The van der Waals surface area contributed by atoms with Crippen molar-refractivity contribution in [3.63, 3.8) is 0 Å². The molecule has 138 valence electrons. The minimum absolute atomic E-state index is 0.0336. The maximum absolute atomic E-state index is 13.0. The number of benzene rings is 2. The summed E-state index contributed by atoms with van der Waals surface area (Å²) < 4.78 is 28.4. The van der Waals surface area contributed by atoms with Gasteiger partial charge < -0.3 is 19.5 Å². The second-order valence-corrected chi connectivity index (χ2v) is 5.63. The van der Waals surface area contributed by atoms with Gasteiger partial charge in [0.2, 0.25) is 0 Å². The molecule has 8 heteroatoms. The Morgan fingerprint density at radius 3 is 2.46 bits per heavy atom. The normalized spacial score (nSPS) is 11.4. The summed E-state index contributed by atoms with van der Waals surface area (Å²) in [7, 11) is 2.87. The van der Waals surface area contributed by atoms with E-state index in [1.807, 2.05) is 0 Å². The average Bonchev–Trinajstić information content (AvgIpc) is 2.63. The molecule has 0 radical (unpaired) electrons. The highest BCUT2D eigenvalue weighted by Gasteiger charge is 2.22. The number of ether oxygens (including phenoxy) is 3. The quantitative estimate of drug-likeness (QED) is 0.773. The first-order valence-electron chi connectivity index (χ1n) is 7.54. The van der Waals surface area contributed by atoms with Crippen LogP contribution in [0.3, 0.4) is 0 Å². The van der Waals surface area contributed by atoms with Crippen LogP contribution < -0.4 is 14.8 Å². The van der Waals surface area contributed by atoms with Gasteiger partial charge in [-0.1, -0.05) is 11.6 Å². The van der Waals surface area contributed by atoms with Crippen LogP contribution in [0.4, 0.5) is 10.1 Å². The van der Waals surface area contributed by atoms with Crippen molar-refractivity contribution < 1.29 is 28.2 Å². The summed E-state index contributed by atoms with van der Waals surface area (Å²) in [6.45, 7) is 1.40. The number of hydrogen-bond acceptors (Lipinski definition) is 5. The van der Waals surface area contributed by atoms with Crippen molar-refractivity contribution in [2.24, 2.45) is 0 Å². The maximum Gasteiger partial charge on any atom is 0.342 e. The summed E-state index contributed by atoms with van der Waals surface area (Å²) in [6.07, 6.45) is -1.13. The van der Waals surface area contributed by atoms with Gasteiger partial charge in [0, 0.05) is 0 Å². The lowest BCUT2D eigenvalue weighted by atomic mass is 10.2.